The number of nitrogens with one attached hydrogen (secondary N) is 1. The van der Waals surface area contributed by atoms with Crippen LogP contribution < -0.4 is 5.32 Å². The third kappa shape index (κ3) is 4.75. The Hall–Kier alpha value is -2.08. The summed E-state index contributed by atoms with van der Waals surface area (Å²) in [5.74, 6) is -2.18. The summed E-state index contributed by atoms with van der Waals surface area (Å²) in [5, 5.41) is 12.4. The van der Waals surface area contributed by atoms with Crippen LogP contribution in [0.5, 0.6) is 0 Å². The SMILES string of the molecule is CC1CC(C(=O)O)CN(C(=O)C(NC(=O)c2ccccc2Cl)C(C)C)C1. The highest BCUT2D eigenvalue weighted by molar-refractivity contribution is 6.33. The van der Waals surface area contributed by atoms with Gasteiger partial charge in [0, 0.05) is 13.1 Å². The van der Waals surface area contributed by atoms with Crippen molar-refractivity contribution in [3.63, 3.8) is 0 Å². The third-order valence-corrected chi connectivity index (χ3v) is 4.99. The summed E-state index contributed by atoms with van der Waals surface area (Å²) in [6.45, 7) is 6.29. The van der Waals surface area contributed by atoms with Crippen molar-refractivity contribution < 1.29 is 19.5 Å². The number of carbonyl (C=O) groups excluding carboxylic acids is 2. The molecule has 7 heteroatoms. The van der Waals surface area contributed by atoms with Crippen molar-refractivity contribution in [3.8, 4) is 0 Å². The van der Waals surface area contributed by atoms with Crippen molar-refractivity contribution in [1.82, 2.24) is 10.2 Å². The Morgan fingerprint density at radius 3 is 2.46 bits per heavy atom. The summed E-state index contributed by atoms with van der Waals surface area (Å²) in [4.78, 5) is 38.4. The zero-order chi connectivity index (χ0) is 19.4. The second-order valence-electron chi connectivity index (χ2n) is 7.29. The molecular weight excluding hydrogens is 356 g/mol. The largest absolute Gasteiger partial charge is 0.481 e. The number of carboxylic acid groups (broad SMARTS) is 1. The van der Waals surface area contributed by atoms with Gasteiger partial charge in [-0.15, -0.1) is 0 Å². The van der Waals surface area contributed by atoms with Crippen LogP contribution in [0.3, 0.4) is 0 Å². The van der Waals surface area contributed by atoms with Crippen molar-refractivity contribution in [2.45, 2.75) is 33.2 Å². The highest BCUT2D eigenvalue weighted by Crippen LogP contribution is 2.23. The van der Waals surface area contributed by atoms with Gasteiger partial charge in [0.2, 0.25) is 5.91 Å². The molecule has 1 heterocycles. The molecular formula is C19H25ClN2O4. The van der Waals surface area contributed by atoms with E-state index in [0.29, 0.717) is 23.6 Å². The molecule has 1 aliphatic heterocycles. The van der Waals surface area contributed by atoms with Crippen molar-refractivity contribution in [3.05, 3.63) is 34.9 Å². The average molecular weight is 381 g/mol. The summed E-state index contributed by atoms with van der Waals surface area (Å²) in [7, 11) is 0. The maximum Gasteiger partial charge on any atom is 0.308 e. The van der Waals surface area contributed by atoms with E-state index in [4.69, 9.17) is 11.6 Å². The van der Waals surface area contributed by atoms with Gasteiger partial charge in [-0.25, -0.2) is 0 Å². The number of aliphatic carboxylic acids is 1. The van der Waals surface area contributed by atoms with E-state index >= 15 is 0 Å². The fraction of sp³-hybridized carbons (Fsp3) is 0.526. The average Bonchev–Trinajstić information content (AvgIpc) is 2.58. The predicted molar refractivity (Wildman–Crippen MR) is 99.0 cm³/mol. The molecule has 1 aromatic carbocycles. The summed E-state index contributed by atoms with van der Waals surface area (Å²) >= 11 is 6.06. The van der Waals surface area contributed by atoms with Crippen molar-refractivity contribution in [2.24, 2.45) is 17.8 Å². The Labute approximate surface area is 158 Å². The number of halogens is 1. The minimum atomic E-state index is -0.893. The maximum atomic E-state index is 13.0. The van der Waals surface area contributed by atoms with Crippen LogP contribution in [0.2, 0.25) is 5.02 Å². The molecule has 3 atom stereocenters. The number of amides is 2. The lowest BCUT2D eigenvalue weighted by atomic mass is 9.89. The van der Waals surface area contributed by atoms with Crippen LogP contribution in [0, 0.1) is 17.8 Å². The first kappa shape index (κ1) is 20.2. The van der Waals surface area contributed by atoms with Gasteiger partial charge in [-0.1, -0.05) is 44.5 Å². The number of benzene rings is 1. The first-order valence-electron chi connectivity index (χ1n) is 8.77. The predicted octanol–water partition coefficient (Wildman–Crippen LogP) is 2.66. The van der Waals surface area contributed by atoms with E-state index in [-0.39, 0.29) is 24.3 Å². The van der Waals surface area contributed by atoms with Crippen LogP contribution in [0.1, 0.15) is 37.6 Å². The molecule has 6 nitrogen and oxygen atoms in total. The second kappa shape index (κ2) is 8.54. The highest BCUT2D eigenvalue weighted by atomic mass is 35.5. The number of piperidine rings is 1. The summed E-state index contributed by atoms with van der Waals surface area (Å²) in [5.41, 5.74) is 0.308. The molecule has 1 aliphatic rings. The molecule has 1 fully saturated rings. The molecule has 0 radical (unpaired) electrons. The van der Waals surface area contributed by atoms with Crippen LogP contribution in [-0.4, -0.2) is 46.9 Å². The molecule has 0 bridgehead atoms. The molecule has 2 N–H and O–H groups in total. The molecule has 142 valence electrons. The van der Waals surface area contributed by atoms with Crippen LogP contribution in [0.4, 0.5) is 0 Å². The Bertz CT molecular complexity index is 692. The third-order valence-electron chi connectivity index (χ3n) is 4.66. The number of nitrogens with zero attached hydrogens (tertiary/aromatic N) is 1. The minimum absolute atomic E-state index is 0.0980. The number of likely N-dealkylation sites (tertiary alicyclic amines) is 1. The molecule has 1 saturated heterocycles. The molecule has 2 rings (SSSR count). The number of hydrogen-bond donors (Lipinski definition) is 2. The molecule has 0 spiro atoms. The van der Waals surface area contributed by atoms with Gasteiger partial charge in [0.05, 0.1) is 16.5 Å². The van der Waals surface area contributed by atoms with E-state index in [1.54, 1.807) is 29.2 Å². The van der Waals surface area contributed by atoms with E-state index in [0.717, 1.165) is 0 Å². The van der Waals surface area contributed by atoms with E-state index in [1.165, 1.54) is 0 Å². The zero-order valence-corrected chi connectivity index (χ0v) is 16.0. The fourth-order valence-electron chi connectivity index (χ4n) is 3.29. The van der Waals surface area contributed by atoms with Gasteiger partial charge in [-0.3, -0.25) is 14.4 Å². The number of carbonyl (C=O) groups is 3. The summed E-state index contributed by atoms with van der Waals surface area (Å²) in [6.07, 6.45) is 0.553. The lowest BCUT2D eigenvalue weighted by molar-refractivity contribution is -0.147. The normalized spacial score (nSPS) is 21.3. The van der Waals surface area contributed by atoms with Gasteiger partial charge in [0.1, 0.15) is 6.04 Å². The van der Waals surface area contributed by atoms with Crippen LogP contribution in [-0.2, 0) is 9.59 Å². The van der Waals surface area contributed by atoms with Crippen LogP contribution in [0.25, 0.3) is 0 Å². The molecule has 1 aromatic rings. The number of rotatable bonds is 5. The second-order valence-corrected chi connectivity index (χ2v) is 7.70. The first-order valence-corrected chi connectivity index (χ1v) is 9.15. The first-order chi connectivity index (χ1) is 12.2. The molecule has 0 saturated carbocycles. The standard InChI is InChI=1S/C19H25ClN2O4/c1-11(2)16(21-17(23)14-6-4-5-7-15(14)20)18(24)22-9-12(3)8-13(10-22)19(25)26/h4-7,11-13,16H,8-10H2,1-3H3,(H,21,23)(H,25,26). The van der Waals surface area contributed by atoms with E-state index in [9.17, 15) is 19.5 Å². The smallest absolute Gasteiger partial charge is 0.308 e. The van der Waals surface area contributed by atoms with Gasteiger partial charge in [-0.05, 0) is 30.4 Å². The summed E-state index contributed by atoms with van der Waals surface area (Å²) < 4.78 is 0. The minimum Gasteiger partial charge on any atom is -0.481 e. The Kier molecular flexibility index (Phi) is 6.64. The molecule has 0 aromatic heterocycles. The van der Waals surface area contributed by atoms with Gasteiger partial charge in [-0.2, -0.15) is 0 Å². The molecule has 0 aliphatic carbocycles. The van der Waals surface area contributed by atoms with E-state index < -0.39 is 23.8 Å². The van der Waals surface area contributed by atoms with Crippen LogP contribution >= 0.6 is 11.6 Å². The van der Waals surface area contributed by atoms with Crippen molar-refractivity contribution in [2.75, 3.05) is 13.1 Å². The number of carboxylic acids is 1. The van der Waals surface area contributed by atoms with E-state index in [2.05, 4.69) is 5.32 Å². The fourth-order valence-corrected chi connectivity index (χ4v) is 3.51. The molecule has 26 heavy (non-hydrogen) atoms. The Morgan fingerprint density at radius 1 is 1.23 bits per heavy atom. The molecule has 3 unspecified atom stereocenters. The quantitative estimate of drug-likeness (QED) is 0.822. The maximum absolute atomic E-state index is 13.0. The van der Waals surface area contributed by atoms with Gasteiger partial charge in [0.15, 0.2) is 0 Å². The highest BCUT2D eigenvalue weighted by Gasteiger charge is 2.36. The number of hydrogen-bond acceptors (Lipinski definition) is 3. The Morgan fingerprint density at radius 2 is 1.88 bits per heavy atom. The summed E-state index contributed by atoms with van der Waals surface area (Å²) in [6, 6.07) is 5.91. The van der Waals surface area contributed by atoms with Gasteiger partial charge < -0.3 is 15.3 Å². The monoisotopic (exact) mass is 380 g/mol. The topological polar surface area (TPSA) is 86.7 Å². The lowest BCUT2D eigenvalue weighted by Crippen LogP contribution is -2.55. The Balaban J connectivity index is 2.16. The molecule has 2 amide bonds. The van der Waals surface area contributed by atoms with Gasteiger partial charge in [0.25, 0.3) is 5.91 Å². The van der Waals surface area contributed by atoms with E-state index in [1.807, 2.05) is 20.8 Å². The van der Waals surface area contributed by atoms with Crippen molar-refractivity contribution >= 4 is 29.4 Å². The van der Waals surface area contributed by atoms with Gasteiger partial charge >= 0.3 is 5.97 Å². The van der Waals surface area contributed by atoms with Crippen LogP contribution in [0.15, 0.2) is 24.3 Å². The zero-order valence-electron chi connectivity index (χ0n) is 15.2. The lowest BCUT2D eigenvalue weighted by Gasteiger charge is -2.37. The van der Waals surface area contributed by atoms with Crippen molar-refractivity contribution in [1.29, 1.82) is 0 Å².